The van der Waals surface area contributed by atoms with Gasteiger partial charge in [-0.3, -0.25) is 14.4 Å². The number of benzene rings is 1. The van der Waals surface area contributed by atoms with Crippen LogP contribution in [-0.4, -0.2) is 30.9 Å². The van der Waals surface area contributed by atoms with Crippen LogP contribution in [0.4, 0.5) is 5.69 Å². The molecule has 0 bridgehead atoms. The molecule has 7 heteroatoms. The molecule has 0 saturated carbocycles. The molecule has 0 unspecified atom stereocenters. The Morgan fingerprint density at radius 1 is 1.21 bits per heavy atom. The van der Waals surface area contributed by atoms with Crippen molar-refractivity contribution in [2.75, 3.05) is 18.5 Å². The summed E-state index contributed by atoms with van der Waals surface area (Å²) in [6, 6.07) is 5.49. The lowest BCUT2D eigenvalue weighted by molar-refractivity contribution is -0.147. The summed E-state index contributed by atoms with van der Waals surface area (Å²) in [5.41, 5.74) is 1.66. The second kappa shape index (κ2) is 10.1. The summed E-state index contributed by atoms with van der Waals surface area (Å²) in [4.78, 5) is 34.8. The number of aryl methyl sites for hydroxylation is 1. The quantitative estimate of drug-likeness (QED) is 0.659. The maximum atomic E-state index is 11.8. The Labute approximate surface area is 150 Å². The van der Waals surface area contributed by atoms with Gasteiger partial charge >= 0.3 is 5.97 Å². The minimum atomic E-state index is -0.647. The SMILES string of the molecule is Cc1ccc(NC(=O)COC(=O)CNC(=O)CCC(C)C)c(Br)c1. The van der Waals surface area contributed by atoms with Crippen LogP contribution in [0.25, 0.3) is 0 Å². The van der Waals surface area contributed by atoms with Crippen molar-refractivity contribution < 1.29 is 19.1 Å². The summed E-state index contributed by atoms with van der Waals surface area (Å²) in [6.45, 7) is 5.34. The molecule has 24 heavy (non-hydrogen) atoms. The van der Waals surface area contributed by atoms with Crippen molar-refractivity contribution in [1.29, 1.82) is 0 Å². The molecule has 0 aromatic heterocycles. The summed E-state index contributed by atoms with van der Waals surface area (Å²) in [5.74, 6) is -0.869. The maximum absolute atomic E-state index is 11.8. The van der Waals surface area contributed by atoms with Crippen LogP contribution >= 0.6 is 15.9 Å². The van der Waals surface area contributed by atoms with E-state index < -0.39 is 18.5 Å². The number of hydrogen-bond donors (Lipinski definition) is 2. The smallest absolute Gasteiger partial charge is 0.325 e. The molecule has 2 amide bonds. The highest BCUT2D eigenvalue weighted by molar-refractivity contribution is 9.10. The molecule has 132 valence electrons. The first-order valence-corrected chi connectivity index (χ1v) is 8.55. The number of hydrogen-bond acceptors (Lipinski definition) is 4. The predicted molar refractivity (Wildman–Crippen MR) is 95.5 cm³/mol. The highest BCUT2D eigenvalue weighted by atomic mass is 79.9. The summed E-state index contributed by atoms with van der Waals surface area (Å²) in [7, 11) is 0. The molecule has 0 aliphatic heterocycles. The Morgan fingerprint density at radius 2 is 1.92 bits per heavy atom. The summed E-state index contributed by atoms with van der Waals surface area (Å²) in [5, 5.41) is 5.11. The van der Waals surface area contributed by atoms with Crippen molar-refractivity contribution in [3.05, 3.63) is 28.2 Å². The number of amides is 2. The zero-order valence-electron chi connectivity index (χ0n) is 14.1. The monoisotopic (exact) mass is 398 g/mol. The van der Waals surface area contributed by atoms with E-state index in [4.69, 9.17) is 4.74 Å². The fourth-order valence-electron chi connectivity index (χ4n) is 1.78. The van der Waals surface area contributed by atoms with Gasteiger partial charge in [-0.2, -0.15) is 0 Å². The average molecular weight is 399 g/mol. The second-order valence-electron chi connectivity index (χ2n) is 5.90. The van der Waals surface area contributed by atoms with E-state index in [2.05, 4.69) is 26.6 Å². The predicted octanol–water partition coefficient (Wildman–Crippen LogP) is 2.79. The zero-order chi connectivity index (χ0) is 18.1. The fraction of sp³-hybridized carbons (Fsp3) is 0.471. The van der Waals surface area contributed by atoms with E-state index in [1.807, 2.05) is 32.9 Å². The van der Waals surface area contributed by atoms with Gasteiger partial charge in [0.25, 0.3) is 5.91 Å². The van der Waals surface area contributed by atoms with Crippen LogP contribution in [0.3, 0.4) is 0 Å². The van der Waals surface area contributed by atoms with E-state index in [-0.39, 0.29) is 12.5 Å². The minimum absolute atomic E-state index is 0.200. The second-order valence-corrected chi connectivity index (χ2v) is 6.76. The fourth-order valence-corrected chi connectivity index (χ4v) is 2.38. The lowest BCUT2D eigenvalue weighted by Gasteiger charge is -2.09. The lowest BCUT2D eigenvalue weighted by Crippen LogP contribution is -2.32. The van der Waals surface area contributed by atoms with Gasteiger partial charge in [-0.25, -0.2) is 0 Å². The van der Waals surface area contributed by atoms with E-state index in [0.717, 1.165) is 16.5 Å². The molecule has 0 radical (unpaired) electrons. The van der Waals surface area contributed by atoms with E-state index in [0.29, 0.717) is 18.0 Å². The molecule has 1 rings (SSSR count). The number of esters is 1. The van der Waals surface area contributed by atoms with Crippen molar-refractivity contribution >= 4 is 39.4 Å². The molecule has 0 heterocycles. The van der Waals surface area contributed by atoms with Gasteiger partial charge in [0.05, 0.1) is 5.69 Å². The van der Waals surface area contributed by atoms with Gasteiger partial charge in [0, 0.05) is 10.9 Å². The molecular formula is C17H23BrN2O4. The van der Waals surface area contributed by atoms with Gasteiger partial charge < -0.3 is 15.4 Å². The van der Waals surface area contributed by atoms with Crippen LogP contribution in [0.1, 0.15) is 32.3 Å². The van der Waals surface area contributed by atoms with Gasteiger partial charge in [-0.15, -0.1) is 0 Å². The number of carbonyl (C=O) groups excluding carboxylic acids is 3. The van der Waals surface area contributed by atoms with Crippen LogP contribution in [0.5, 0.6) is 0 Å². The van der Waals surface area contributed by atoms with Gasteiger partial charge in [-0.05, 0) is 52.9 Å². The summed E-state index contributed by atoms with van der Waals surface area (Å²) < 4.78 is 5.58. The van der Waals surface area contributed by atoms with Gasteiger partial charge in [-0.1, -0.05) is 19.9 Å². The highest BCUT2D eigenvalue weighted by Crippen LogP contribution is 2.23. The molecule has 0 saturated heterocycles. The molecule has 1 aromatic carbocycles. The lowest BCUT2D eigenvalue weighted by atomic mass is 10.1. The van der Waals surface area contributed by atoms with E-state index in [1.165, 1.54) is 0 Å². The van der Waals surface area contributed by atoms with Crippen LogP contribution in [0.2, 0.25) is 0 Å². The molecule has 1 aromatic rings. The molecule has 0 aliphatic rings. The molecule has 6 nitrogen and oxygen atoms in total. The Bertz CT molecular complexity index is 602. The topological polar surface area (TPSA) is 84.5 Å². The highest BCUT2D eigenvalue weighted by Gasteiger charge is 2.11. The third kappa shape index (κ3) is 8.10. The van der Waals surface area contributed by atoms with Crippen LogP contribution in [0, 0.1) is 12.8 Å². The van der Waals surface area contributed by atoms with Crippen LogP contribution in [-0.2, 0) is 19.1 Å². The van der Waals surface area contributed by atoms with E-state index in [9.17, 15) is 14.4 Å². The number of halogens is 1. The molecule has 0 fully saturated rings. The van der Waals surface area contributed by atoms with Gasteiger partial charge in [0.15, 0.2) is 6.61 Å². The van der Waals surface area contributed by atoms with Gasteiger partial charge in [0.2, 0.25) is 5.91 Å². The average Bonchev–Trinajstić information content (AvgIpc) is 2.51. The maximum Gasteiger partial charge on any atom is 0.325 e. The molecule has 2 N–H and O–H groups in total. The third-order valence-corrected chi connectivity index (χ3v) is 3.80. The minimum Gasteiger partial charge on any atom is -0.454 e. The first-order valence-electron chi connectivity index (χ1n) is 7.76. The van der Waals surface area contributed by atoms with Crippen LogP contribution < -0.4 is 10.6 Å². The summed E-state index contributed by atoms with van der Waals surface area (Å²) in [6.07, 6.45) is 1.13. The Morgan fingerprint density at radius 3 is 2.54 bits per heavy atom. The Kier molecular flexibility index (Phi) is 8.46. The van der Waals surface area contributed by atoms with E-state index >= 15 is 0 Å². The van der Waals surface area contributed by atoms with Crippen molar-refractivity contribution in [3.8, 4) is 0 Å². The van der Waals surface area contributed by atoms with Crippen LogP contribution in [0.15, 0.2) is 22.7 Å². The largest absolute Gasteiger partial charge is 0.454 e. The molecule has 0 aliphatic carbocycles. The summed E-state index contributed by atoms with van der Waals surface area (Å²) >= 11 is 3.35. The molecule has 0 atom stereocenters. The van der Waals surface area contributed by atoms with Crippen molar-refractivity contribution in [1.82, 2.24) is 5.32 Å². The number of rotatable bonds is 8. The molecular weight excluding hydrogens is 376 g/mol. The zero-order valence-corrected chi connectivity index (χ0v) is 15.7. The van der Waals surface area contributed by atoms with Crippen molar-refractivity contribution in [2.45, 2.75) is 33.6 Å². The number of ether oxygens (including phenoxy) is 1. The van der Waals surface area contributed by atoms with Gasteiger partial charge in [0.1, 0.15) is 6.54 Å². The first kappa shape index (κ1) is 20.2. The standard InChI is InChI=1S/C17H23BrN2O4/c1-11(2)4-7-15(21)19-9-17(23)24-10-16(22)20-14-6-5-12(3)8-13(14)18/h5-6,8,11H,4,7,9-10H2,1-3H3,(H,19,21)(H,20,22). The van der Waals surface area contributed by atoms with Crippen molar-refractivity contribution in [2.24, 2.45) is 5.92 Å². The Balaban J connectivity index is 2.28. The molecule has 0 spiro atoms. The first-order chi connectivity index (χ1) is 11.3. The number of carbonyl (C=O) groups is 3. The van der Waals surface area contributed by atoms with E-state index in [1.54, 1.807) is 6.07 Å². The van der Waals surface area contributed by atoms with Crippen molar-refractivity contribution in [3.63, 3.8) is 0 Å². The Hall–Kier alpha value is -1.89. The normalized spacial score (nSPS) is 10.4. The third-order valence-electron chi connectivity index (χ3n) is 3.14. The number of anilines is 1. The number of nitrogens with one attached hydrogen (secondary N) is 2.